The van der Waals surface area contributed by atoms with Crippen LogP contribution in [-0.4, -0.2) is 48.4 Å². The van der Waals surface area contributed by atoms with Gasteiger partial charge in [-0.2, -0.15) is 0 Å². The molecule has 1 aliphatic rings. The molecule has 1 aromatic rings. The number of piperazine rings is 1. The SMILES string of the molecule is CC[C@H](N)C(=O)N1CCN(C)CC1c1ccccc1.Cl. The predicted octanol–water partition coefficient (Wildman–Crippen LogP) is 1.66. The molecule has 1 unspecified atom stereocenters. The average Bonchev–Trinajstić information content (AvgIpc) is 2.46. The van der Waals surface area contributed by atoms with Gasteiger partial charge in [-0.15, -0.1) is 12.4 Å². The molecular formula is C15H24ClN3O. The van der Waals surface area contributed by atoms with Crippen LogP contribution in [0.15, 0.2) is 30.3 Å². The number of nitrogens with two attached hydrogens (primary N) is 1. The van der Waals surface area contributed by atoms with Crippen molar-refractivity contribution in [3.05, 3.63) is 35.9 Å². The van der Waals surface area contributed by atoms with Gasteiger partial charge >= 0.3 is 0 Å². The van der Waals surface area contributed by atoms with Crippen molar-refractivity contribution in [3.63, 3.8) is 0 Å². The Morgan fingerprint density at radius 2 is 2.00 bits per heavy atom. The molecule has 5 heteroatoms. The van der Waals surface area contributed by atoms with Crippen LogP contribution >= 0.6 is 12.4 Å². The summed E-state index contributed by atoms with van der Waals surface area (Å²) in [4.78, 5) is 16.6. The third-order valence-corrected chi connectivity index (χ3v) is 3.81. The van der Waals surface area contributed by atoms with Crippen LogP contribution in [-0.2, 0) is 4.79 Å². The van der Waals surface area contributed by atoms with Gasteiger partial charge in [0.05, 0.1) is 12.1 Å². The van der Waals surface area contributed by atoms with E-state index in [1.165, 1.54) is 5.56 Å². The minimum atomic E-state index is -0.380. The van der Waals surface area contributed by atoms with E-state index in [1.54, 1.807) is 0 Å². The molecule has 1 amide bonds. The van der Waals surface area contributed by atoms with Crippen LogP contribution < -0.4 is 5.73 Å². The first-order valence-electron chi connectivity index (χ1n) is 6.93. The minimum Gasteiger partial charge on any atom is -0.332 e. The van der Waals surface area contributed by atoms with E-state index in [4.69, 9.17) is 5.73 Å². The van der Waals surface area contributed by atoms with Crippen molar-refractivity contribution in [2.75, 3.05) is 26.7 Å². The Morgan fingerprint density at radius 3 is 2.60 bits per heavy atom. The lowest BCUT2D eigenvalue weighted by molar-refractivity contribution is -0.137. The maximum Gasteiger partial charge on any atom is 0.240 e. The van der Waals surface area contributed by atoms with Gasteiger partial charge in [0.25, 0.3) is 0 Å². The summed E-state index contributed by atoms with van der Waals surface area (Å²) < 4.78 is 0. The summed E-state index contributed by atoms with van der Waals surface area (Å²) in [5.74, 6) is 0.0736. The summed E-state index contributed by atoms with van der Waals surface area (Å²) in [7, 11) is 2.09. The highest BCUT2D eigenvalue weighted by Crippen LogP contribution is 2.25. The van der Waals surface area contributed by atoms with Gasteiger partial charge in [-0.3, -0.25) is 4.79 Å². The van der Waals surface area contributed by atoms with Crippen LogP contribution in [0.2, 0.25) is 0 Å². The maximum atomic E-state index is 12.4. The lowest BCUT2D eigenvalue weighted by Crippen LogP contribution is -2.53. The Morgan fingerprint density at radius 1 is 1.35 bits per heavy atom. The van der Waals surface area contributed by atoms with Gasteiger partial charge < -0.3 is 15.5 Å². The third-order valence-electron chi connectivity index (χ3n) is 3.81. The second-order valence-corrected chi connectivity index (χ2v) is 5.24. The molecule has 0 spiro atoms. The lowest BCUT2D eigenvalue weighted by atomic mass is 10.0. The lowest BCUT2D eigenvalue weighted by Gasteiger charge is -2.41. The summed E-state index contributed by atoms with van der Waals surface area (Å²) >= 11 is 0. The molecule has 1 heterocycles. The average molecular weight is 298 g/mol. The Hall–Kier alpha value is -1.10. The summed E-state index contributed by atoms with van der Waals surface area (Å²) in [6, 6.07) is 9.95. The van der Waals surface area contributed by atoms with E-state index in [9.17, 15) is 4.79 Å². The van der Waals surface area contributed by atoms with Crippen molar-refractivity contribution in [2.24, 2.45) is 5.73 Å². The fourth-order valence-corrected chi connectivity index (χ4v) is 2.53. The minimum absolute atomic E-state index is 0. The number of carbonyl (C=O) groups excluding carboxylic acids is 1. The van der Waals surface area contributed by atoms with Crippen LogP contribution in [0.1, 0.15) is 24.9 Å². The number of amides is 1. The van der Waals surface area contributed by atoms with Gasteiger partial charge in [0, 0.05) is 19.6 Å². The van der Waals surface area contributed by atoms with Crippen molar-refractivity contribution in [2.45, 2.75) is 25.4 Å². The van der Waals surface area contributed by atoms with Gasteiger partial charge in [0.2, 0.25) is 5.91 Å². The Balaban J connectivity index is 0.00000200. The van der Waals surface area contributed by atoms with Crippen LogP contribution in [0.3, 0.4) is 0 Å². The Bertz CT molecular complexity index is 426. The van der Waals surface area contributed by atoms with Gasteiger partial charge in [0.1, 0.15) is 0 Å². The molecule has 2 atom stereocenters. The van der Waals surface area contributed by atoms with E-state index in [1.807, 2.05) is 30.0 Å². The van der Waals surface area contributed by atoms with Crippen LogP contribution in [0.25, 0.3) is 0 Å². The van der Waals surface area contributed by atoms with E-state index in [2.05, 4.69) is 24.1 Å². The van der Waals surface area contributed by atoms with Crippen molar-refractivity contribution in [1.82, 2.24) is 9.80 Å². The molecule has 2 N–H and O–H groups in total. The van der Waals surface area contributed by atoms with Gasteiger partial charge in [-0.1, -0.05) is 37.3 Å². The first-order chi connectivity index (χ1) is 9.13. The third kappa shape index (κ3) is 3.72. The van der Waals surface area contributed by atoms with Gasteiger partial charge in [-0.05, 0) is 19.0 Å². The molecule has 0 saturated carbocycles. The van der Waals surface area contributed by atoms with E-state index >= 15 is 0 Å². The van der Waals surface area contributed by atoms with Gasteiger partial charge in [-0.25, -0.2) is 0 Å². The molecule has 0 bridgehead atoms. The molecule has 0 radical (unpaired) electrons. The number of carbonyl (C=O) groups is 1. The molecule has 20 heavy (non-hydrogen) atoms. The Kier molecular flexibility index (Phi) is 6.46. The quantitative estimate of drug-likeness (QED) is 0.923. The zero-order valence-electron chi connectivity index (χ0n) is 12.2. The summed E-state index contributed by atoms with van der Waals surface area (Å²) in [5.41, 5.74) is 7.10. The first-order valence-corrected chi connectivity index (χ1v) is 6.93. The smallest absolute Gasteiger partial charge is 0.240 e. The fraction of sp³-hybridized carbons (Fsp3) is 0.533. The van der Waals surface area contributed by atoms with Crippen LogP contribution in [0.4, 0.5) is 0 Å². The number of halogens is 1. The predicted molar refractivity (Wildman–Crippen MR) is 83.9 cm³/mol. The maximum absolute atomic E-state index is 12.4. The largest absolute Gasteiger partial charge is 0.332 e. The number of benzene rings is 1. The highest BCUT2D eigenvalue weighted by molar-refractivity contribution is 5.85. The van der Waals surface area contributed by atoms with Gasteiger partial charge in [0.15, 0.2) is 0 Å². The molecule has 1 saturated heterocycles. The van der Waals surface area contributed by atoms with E-state index in [0.29, 0.717) is 6.42 Å². The summed E-state index contributed by atoms with van der Waals surface area (Å²) in [5, 5.41) is 0. The molecule has 1 aromatic carbocycles. The standard InChI is InChI=1S/C15H23N3O.ClH/c1-3-13(16)15(19)18-10-9-17(2)11-14(18)12-7-5-4-6-8-12;/h4-8,13-14H,3,9-11,16H2,1-2H3;1H/t13-,14?;/m0./s1. The number of nitrogens with zero attached hydrogens (tertiary/aromatic N) is 2. The van der Waals surface area contributed by atoms with Crippen molar-refractivity contribution >= 4 is 18.3 Å². The summed E-state index contributed by atoms with van der Waals surface area (Å²) in [6.45, 7) is 4.48. The second-order valence-electron chi connectivity index (χ2n) is 5.24. The molecular weight excluding hydrogens is 274 g/mol. The molecule has 112 valence electrons. The van der Waals surface area contributed by atoms with Crippen molar-refractivity contribution < 1.29 is 4.79 Å². The molecule has 2 rings (SSSR count). The van der Waals surface area contributed by atoms with Crippen LogP contribution in [0, 0.1) is 0 Å². The zero-order chi connectivity index (χ0) is 13.8. The number of rotatable bonds is 3. The number of hydrogen-bond acceptors (Lipinski definition) is 3. The molecule has 1 aliphatic heterocycles. The van der Waals surface area contributed by atoms with Crippen molar-refractivity contribution in [3.8, 4) is 0 Å². The number of likely N-dealkylation sites (N-methyl/N-ethyl adjacent to an activating group) is 1. The molecule has 1 fully saturated rings. The summed E-state index contributed by atoms with van der Waals surface area (Å²) in [6.07, 6.45) is 0.687. The van der Waals surface area contributed by atoms with E-state index < -0.39 is 0 Å². The van der Waals surface area contributed by atoms with E-state index in [-0.39, 0.29) is 30.4 Å². The highest BCUT2D eigenvalue weighted by Gasteiger charge is 2.31. The monoisotopic (exact) mass is 297 g/mol. The topological polar surface area (TPSA) is 49.6 Å². The van der Waals surface area contributed by atoms with Crippen molar-refractivity contribution in [1.29, 1.82) is 0 Å². The Labute approximate surface area is 127 Å². The zero-order valence-corrected chi connectivity index (χ0v) is 13.0. The number of hydrogen-bond donors (Lipinski definition) is 1. The second kappa shape index (κ2) is 7.62. The molecule has 4 nitrogen and oxygen atoms in total. The fourth-order valence-electron chi connectivity index (χ4n) is 2.53. The van der Waals surface area contributed by atoms with E-state index in [0.717, 1.165) is 19.6 Å². The first kappa shape index (κ1) is 17.0. The normalized spacial score (nSPS) is 21.1. The van der Waals surface area contributed by atoms with Crippen LogP contribution in [0.5, 0.6) is 0 Å². The molecule has 0 aliphatic carbocycles. The highest BCUT2D eigenvalue weighted by atomic mass is 35.5. The molecule has 0 aromatic heterocycles.